The van der Waals surface area contributed by atoms with Gasteiger partial charge in [0.25, 0.3) is 0 Å². The minimum atomic E-state index is 0. The Hall–Kier alpha value is -1.71. The molecule has 0 bridgehead atoms. The quantitative estimate of drug-likeness (QED) is 0.553. The van der Waals surface area contributed by atoms with Crippen LogP contribution in [0.15, 0.2) is 36.6 Å². The number of aliphatic hydroxyl groups is 1. The zero-order valence-electron chi connectivity index (χ0n) is 7.64. The van der Waals surface area contributed by atoms with E-state index in [0.29, 0.717) is 6.42 Å². The summed E-state index contributed by atoms with van der Waals surface area (Å²) >= 11 is 0. The van der Waals surface area contributed by atoms with Crippen LogP contribution in [0.5, 0.6) is 0 Å². The van der Waals surface area contributed by atoms with Crippen molar-refractivity contribution in [1.29, 1.82) is 0 Å². The van der Waals surface area contributed by atoms with E-state index in [2.05, 4.69) is 9.97 Å². The smallest absolute Gasteiger partial charge is 0.111 e. The van der Waals surface area contributed by atoms with Gasteiger partial charge in [0.1, 0.15) is 5.82 Å². The summed E-state index contributed by atoms with van der Waals surface area (Å²) in [5.41, 5.74) is 1.99. The van der Waals surface area contributed by atoms with Crippen molar-refractivity contribution in [1.82, 2.24) is 9.97 Å². The molecule has 3 radical (unpaired) electrons. The number of aromatic nitrogens is 2. The van der Waals surface area contributed by atoms with Gasteiger partial charge in [-0.05, 0) is 18.2 Å². The molecular weight excluding hydrogens is 175 g/mol. The maximum absolute atomic E-state index is 8.48. The van der Waals surface area contributed by atoms with Crippen LogP contribution in [0.25, 0.3) is 11.0 Å². The molecule has 0 aliphatic heterocycles. The van der Waals surface area contributed by atoms with Crippen LogP contribution in [-0.2, 0) is 6.42 Å². The third kappa shape index (κ3) is 1.96. The SMILES string of the molecule is OC=CCc1nc2ccccc2[nH]1.[B]. The Morgan fingerprint density at radius 3 is 2.86 bits per heavy atom. The van der Waals surface area contributed by atoms with Gasteiger partial charge >= 0.3 is 0 Å². The van der Waals surface area contributed by atoms with E-state index in [4.69, 9.17) is 5.11 Å². The number of allylic oxidation sites excluding steroid dienone is 1. The van der Waals surface area contributed by atoms with Crippen molar-refractivity contribution in [2.24, 2.45) is 0 Å². The number of hydrogen-bond acceptors (Lipinski definition) is 2. The number of aliphatic hydroxyl groups excluding tert-OH is 1. The first-order valence-electron chi connectivity index (χ1n) is 4.13. The average Bonchev–Trinajstić information content (AvgIpc) is 2.57. The van der Waals surface area contributed by atoms with Gasteiger partial charge in [0.05, 0.1) is 17.3 Å². The number of aromatic amines is 1. The Labute approximate surface area is 84.1 Å². The molecule has 0 aliphatic rings. The number of fused-ring (bicyclic) bond motifs is 1. The molecule has 0 spiro atoms. The number of para-hydroxylation sites is 2. The van der Waals surface area contributed by atoms with Crippen molar-refractivity contribution in [2.75, 3.05) is 0 Å². The number of hydrogen-bond donors (Lipinski definition) is 2. The van der Waals surface area contributed by atoms with E-state index in [9.17, 15) is 0 Å². The Balaban J connectivity index is 0.000000980. The fourth-order valence-corrected chi connectivity index (χ4v) is 1.27. The van der Waals surface area contributed by atoms with E-state index < -0.39 is 0 Å². The van der Waals surface area contributed by atoms with Crippen molar-refractivity contribution in [3.05, 3.63) is 42.4 Å². The number of benzene rings is 1. The molecule has 1 aromatic heterocycles. The van der Waals surface area contributed by atoms with Gasteiger partial charge < -0.3 is 10.1 Å². The van der Waals surface area contributed by atoms with Crippen LogP contribution in [0, 0.1) is 0 Å². The highest BCUT2D eigenvalue weighted by molar-refractivity contribution is 5.75. The second-order valence-corrected chi connectivity index (χ2v) is 2.79. The summed E-state index contributed by atoms with van der Waals surface area (Å²) in [5.74, 6) is 0.867. The van der Waals surface area contributed by atoms with Gasteiger partial charge in [-0.2, -0.15) is 0 Å². The molecule has 14 heavy (non-hydrogen) atoms. The Bertz CT molecular complexity index is 403. The maximum Gasteiger partial charge on any atom is 0.111 e. The number of nitrogens with zero attached hydrogens (tertiary/aromatic N) is 1. The third-order valence-corrected chi connectivity index (χ3v) is 1.86. The Kier molecular flexibility index (Phi) is 3.34. The van der Waals surface area contributed by atoms with Gasteiger partial charge in [-0.25, -0.2) is 4.98 Å². The van der Waals surface area contributed by atoms with Crippen LogP contribution in [0.1, 0.15) is 5.82 Å². The van der Waals surface area contributed by atoms with Gasteiger partial charge in [0.15, 0.2) is 0 Å². The summed E-state index contributed by atoms with van der Waals surface area (Å²) < 4.78 is 0. The fraction of sp³-hybridized carbons (Fsp3) is 0.100. The predicted octanol–water partition coefficient (Wildman–Crippen LogP) is 1.80. The zero-order valence-corrected chi connectivity index (χ0v) is 7.64. The van der Waals surface area contributed by atoms with Crippen molar-refractivity contribution < 1.29 is 5.11 Å². The molecule has 0 saturated carbocycles. The van der Waals surface area contributed by atoms with Crippen molar-refractivity contribution in [3.8, 4) is 0 Å². The molecule has 2 rings (SSSR count). The molecule has 2 aromatic rings. The van der Waals surface area contributed by atoms with E-state index in [1.54, 1.807) is 6.08 Å². The summed E-state index contributed by atoms with van der Waals surface area (Å²) in [6.07, 6.45) is 3.32. The van der Waals surface area contributed by atoms with Crippen LogP contribution in [0.2, 0.25) is 0 Å². The predicted molar refractivity (Wildman–Crippen MR) is 57.3 cm³/mol. The van der Waals surface area contributed by atoms with E-state index in [0.717, 1.165) is 23.1 Å². The van der Waals surface area contributed by atoms with Gasteiger partial charge in [0.2, 0.25) is 0 Å². The summed E-state index contributed by atoms with van der Waals surface area (Å²) in [5, 5.41) is 8.48. The minimum absolute atomic E-state index is 0. The largest absolute Gasteiger partial charge is 0.516 e. The second kappa shape index (κ2) is 4.51. The molecule has 0 saturated heterocycles. The van der Waals surface area contributed by atoms with Crippen LogP contribution >= 0.6 is 0 Å². The number of nitrogens with one attached hydrogen (secondary N) is 1. The van der Waals surface area contributed by atoms with Gasteiger partial charge in [-0.15, -0.1) is 0 Å². The molecular formula is C10H10BN2O. The molecule has 0 unspecified atom stereocenters. The summed E-state index contributed by atoms with van der Waals surface area (Å²) in [7, 11) is 0. The van der Waals surface area contributed by atoms with E-state index in [1.165, 1.54) is 0 Å². The van der Waals surface area contributed by atoms with Gasteiger partial charge in [0, 0.05) is 14.8 Å². The first-order chi connectivity index (χ1) is 6.40. The molecule has 1 heterocycles. The number of imidazole rings is 1. The average molecular weight is 185 g/mol. The van der Waals surface area contributed by atoms with E-state index >= 15 is 0 Å². The standard InChI is InChI=1S/C10H10N2O.B/c13-7-3-6-10-11-8-4-1-2-5-9(8)12-10;/h1-5,7,13H,6H2,(H,11,12);. The minimum Gasteiger partial charge on any atom is -0.516 e. The third-order valence-electron chi connectivity index (χ3n) is 1.86. The van der Waals surface area contributed by atoms with Crippen molar-refractivity contribution in [2.45, 2.75) is 6.42 Å². The lowest BCUT2D eigenvalue weighted by Crippen LogP contribution is -1.82. The number of rotatable bonds is 2. The van der Waals surface area contributed by atoms with E-state index in [1.807, 2.05) is 24.3 Å². The van der Waals surface area contributed by atoms with Crippen molar-refractivity contribution >= 4 is 19.4 Å². The summed E-state index contributed by atoms with van der Waals surface area (Å²) in [6, 6.07) is 7.85. The zero-order chi connectivity index (χ0) is 9.10. The lowest BCUT2D eigenvalue weighted by Gasteiger charge is -1.84. The molecule has 1 aromatic carbocycles. The molecule has 3 nitrogen and oxygen atoms in total. The molecule has 4 heteroatoms. The topological polar surface area (TPSA) is 48.9 Å². The van der Waals surface area contributed by atoms with Crippen LogP contribution in [0.4, 0.5) is 0 Å². The first-order valence-corrected chi connectivity index (χ1v) is 4.13. The molecule has 2 N–H and O–H groups in total. The second-order valence-electron chi connectivity index (χ2n) is 2.79. The molecule has 0 atom stereocenters. The highest BCUT2D eigenvalue weighted by Gasteiger charge is 1.98. The Morgan fingerprint density at radius 1 is 1.36 bits per heavy atom. The molecule has 0 amide bonds. The molecule has 0 fully saturated rings. The van der Waals surface area contributed by atoms with Crippen LogP contribution in [0.3, 0.4) is 0 Å². The lowest BCUT2D eigenvalue weighted by molar-refractivity contribution is 0.471. The summed E-state index contributed by atoms with van der Waals surface area (Å²) in [4.78, 5) is 7.49. The maximum atomic E-state index is 8.48. The van der Waals surface area contributed by atoms with Crippen molar-refractivity contribution in [3.63, 3.8) is 0 Å². The number of H-pyrrole nitrogens is 1. The van der Waals surface area contributed by atoms with E-state index in [-0.39, 0.29) is 8.41 Å². The normalized spacial score (nSPS) is 10.6. The highest BCUT2D eigenvalue weighted by Crippen LogP contribution is 2.10. The van der Waals surface area contributed by atoms with Crippen LogP contribution < -0.4 is 0 Å². The van der Waals surface area contributed by atoms with Gasteiger partial charge in [-0.1, -0.05) is 12.1 Å². The fourth-order valence-electron chi connectivity index (χ4n) is 1.27. The lowest BCUT2D eigenvalue weighted by atomic mass is 10.3. The Morgan fingerprint density at radius 2 is 2.14 bits per heavy atom. The van der Waals surface area contributed by atoms with Gasteiger partial charge in [-0.3, -0.25) is 0 Å². The first kappa shape index (κ1) is 10.4. The molecule has 0 aliphatic carbocycles. The molecule has 69 valence electrons. The highest BCUT2D eigenvalue weighted by atomic mass is 16.2. The monoisotopic (exact) mass is 185 g/mol. The van der Waals surface area contributed by atoms with Crippen LogP contribution in [-0.4, -0.2) is 23.5 Å². The summed E-state index contributed by atoms with van der Waals surface area (Å²) in [6.45, 7) is 0.